The molecular weight excluding hydrogens is 306 g/mol. The maximum absolute atomic E-state index is 10.1. The quantitative estimate of drug-likeness (QED) is 0.613. The van der Waals surface area contributed by atoms with Crippen molar-refractivity contribution in [1.29, 1.82) is 0 Å². The summed E-state index contributed by atoms with van der Waals surface area (Å²) in [5, 5.41) is 23.3. The highest BCUT2D eigenvalue weighted by molar-refractivity contribution is 5.42. The number of nitrogens with one attached hydrogen (secondary N) is 1. The average Bonchev–Trinajstić information content (AvgIpc) is 2.64. The first-order valence-electron chi connectivity index (χ1n) is 7.98. The van der Waals surface area contributed by atoms with Crippen LogP contribution in [0.5, 0.6) is 11.5 Å². The van der Waals surface area contributed by atoms with Crippen LogP contribution in [-0.4, -0.2) is 43.6 Å². The minimum atomic E-state index is -0.889. The number of hydrogen-bond donors (Lipinski definition) is 3. The summed E-state index contributed by atoms with van der Waals surface area (Å²) in [6, 6.07) is 15.0. The fourth-order valence-electron chi connectivity index (χ4n) is 2.50. The molecule has 0 heterocycles. The van der Waals surface area contributed by atoms with Crippen LogP contribution in [0.25, 0.3) is 0 Å². The van der Waals surface area contributed by atoms with Crippen LogP contribution < -0.4 is 14.8 Å². The fraction of sp³-hybridized carbons (Fsp3) is 0.368. The number of aliphatic hydroxyl groups is 2. The van der Waals surface area contributed by atoms with E-state index in [0.717, 1.165) is 12.0 Å². The van der Waals surface area contributed by atoms with Crippen molar-refractivity contribution in [1.82, 2.24) is 5.32 Å². The molecule has 3 N–H and O–H groups in total. The molecule has 0 aromatic heterocycles. The van der Waals surface area contributed by atoms with Gasteiger partial charge >= 0.3 is 0 Å². The highest BCUT2D eigenvalue weighted by atomic mass is 16.5. The minimum absolute atomic E-state index is 0.323. The van der Waals surface area contributed by atoms with E-state index in [2.05, 4.69) is 5.32 Å². The molecule has 0 radical (unpaired) electrons. The molecular formula is C19H25NO4. The molecule has 5 heteroatoms. The van der Waals surface area contributed by atoms with E-state index in [1.807, 2.05) is 36.4 Å². The molecule has 0 bridgehead atoms. The van der Waals surface area contributed by atoms with Gasteiger partial charge < -0.3 is 25.0 Å². The topological polar surface area (TPSA) is 71.0 Å². The Hall–Kier alpha value is -2.08. The van der Waals surface area contributed by atoms with Gasteiger partial charge in [-0.1, -0.05) is 36.4 Å². The number of rotatable bonds is 9. The van der Waals surface area contributed by atoms with E-state index < -0.39 is 12.2 Å². The molecule has 5 nitrogen and oxygen atoms in total. The van der Waals surface area contributed by atoms with Crippen LogP contribution in [-0.2, 0) is 6.42 Å². The molecule has 24 heavy (non-hydrogen) atoms. The molecule has 0 saturated carbocycles. The lowest BCUT2D eigenvalue weighted by Crippen LogP contribution is -2.32. The van der Waals surface area contributed by atoms with Crippen molar-refractivity contribution in [2.45, 2.75) is 18.6 Å². The van der Waals surface area contributed by atoms with Gasteiger partial charge in [0.1, 0.15) is 6.10 Å². The molecule has 130 valence electrons. The molecule has 2 atom stereocenters. The Kier molecular flexibility index (Phi) is 7.06. The normalized spacial score (nSPS) is 13.3. The van der Waals surface area contributed by atoms with Gasteiger partial charge in [0.15, 0.2) is 11.5 Å². The van der Waals surface area contributed by atoms with Crippen molar-refractivity contribution in [2.75, 3.05) is 27.3 Å². The predicted molar refractivity (Wildman–Crippen MR) is 93.5 cm³/mol. The summed E-state index contributed by atoms with van der Waals surface area (Å²) < 4.78 is 10.5. The third-order valence-electron chi connectivity index (χ3n) is 3.90. The Morgan fingerprint density at radius 2 is 1.67 bits per heavy atom. The molecule has 2 aromatic carbocycles. The Morgan fingerprint density at radius 1 is 0.958 bits per heavy atom. The third-order valence-corrected chi connectivity index (χ3v) is 3.90. The standard InChI is InChI=1S/C19H25NO4/c1-23-17-9-8-14(12-18(17)24-2)10-11-20-13-16(21)19(22)15-6-4-3-5-7-15/h3-9,12,16,19-22H,10-11,13H2,1-2H3. The molecule has 0 aliphatic heterocycles. The van der Waals surface area contributed by atoms with E-state index in [-0.39, 0.29) is 0 Å². The van der Waals surface area contributed by atoms with Crippen molar-refractivity contribution in [3.8, 4) is 11.5 Å². The van der Waals surface area contributed by atoms with Crippen LogP contribution in [0, 0.1) is 0 Å². The zero-order chi connectivity index (χ0) is 17.4. The molecule has 0 amide bonds. The second-order valence-corrected chi connectivity index (χ2v) is 5.57. The zero-order valence-electron chi connectivity index (χ0n) is 14.1. The van der Waals surface area contributed by atoms with Gasteiger partial charge in [0.2, 0.25) is 0 Å². The lowest BCUT2D eigenvalue weighted by molar-refractivity contribution is 0.0193. The zero-order valence-corrected chi connectivity index (χ0v) is 14.1. The highest BCUT2D eigenvalue weighted by Gasteiger charge is 2.17. The van der Waals surface area contributed by atoms with E-state index in [1.165, 1.54) is 0 Å². The lowest BCUT2D eigenvalue weighted by atomic mass is 10.0. The number of benzene rings is 2. The van der Waals surface area contributed by atoms with Gasteiger partial charge in [0.05, 0.1) is 20.3 Å². The first-order chi connectivity index (χ1) is 11.7. The van der Waals surface area contributed by atoms with E-state index in [0.29, 0.717) is 30.2 Å². The summed E-state index contributed by atoms with van der Waals surface area (Å²) in [6.07, 6.45) is -0.952. The fourth-order valence-corrected chi connectivity index (χ4v) is 2.50. The summed E-state index contributed by atoms with van der Waals surface area (Å²) >= 11 is 0. The number of aliphatic hydroxyl groups excluding tert-OH is 2. The summed E-state index contributed by atoms with van der Waals surface area (Å²) in [7, 11) is 3.22. The number of hydrogen-bond acceptors (Lipinski definition) is 5. The van der Waals surface area contributed by atoms with Gasteiger partial charge in [-0.3, -0.25) is 0 Å². The van der Waals surface area contributed by atoms with Crippen LogP contribution in [0.15, 0.2) is 48.5 Å². The van der Waals surface area contributed by atoms with Crippen molar-refractivity contribution in [3.05, 3.63) is 59.7 Å². The number of ether oxygens (including phenoxy) is 2. The molecule has 2 aromatic rings. The summed E-state index contributed by atoms with van der Waals surface area (Å²) in [5.41, 5.74) is 1.82. The first kappa shape index (κ1) is 18.3. The smallest absolute Gasteiger partial charge is 0.160 e. The number of methoxy groups -OCH3 is 2. The van der Waals surface area contributed by atoms with Crippen molar-refractivity contribution in [2.24, 2.45) is 0 Å². The van der Waals surface area contributed by atoms with E-state index in [9.17, 15) is 10.2 Å². The lowest BCUT2D eigenvalue weighted by Gasteiger charge is -2.18. The molecule has 0 saturated heterocycles. The van der Waals surface area contributed by atoms with Crippen molar-refractivity contribution < 1.29 is 19.7 Å². The van der Waals surface area contributed by atoms with Crippen LogP contribution in [0.3, 0.4) is 0 Å². The Labute approximate surface area is 142 Å². The Morgan fingerprint density at radius 3 is 2.33 bits per heavy atom. The maximum Gasteiger partial charge on any atom is 0.160 e. The second kappa shape index (κ2) is 9.27. The molecule has 0 fully saturated rings. The van der Waals surface area contributed by atoms with Crippen LogP contribution in [0.1, 0.15) is 17.2 Å². The van der Waals surface area contributed by atoms with Crippen LogP contribution >= 0.6 is 0 Å². The Bertz CT molecular complexity index is 618. The second-order valence-electron chi connectivity index (χ2n) is 5.57. The maximum atomic E-state index is 10.1. The minimum Gasteiger partial charge on any atom is -0.493 e. The van der Waals surface area contributed by atoms with Crippen LogP contribution in [0.4, 0.5) is 0 Å². The third kappa shape index (κ3) is 4.96. The predicted octanol–water partition coefficient (Wildman–Crippen LogP) is 1.93. The van der Waals surface area contributed by atoms with Gasteiger partial charge in [0, 0.05) is 6.54 Å². The van der Waals surface area contributed by atoms with E-state index in [1.54, 1.807) is 26.4 Å². The molecule has 0 aliphatic rings. The average molecular weight is 331 g/mol. The van der Waals surface area contributed by atoms with Gasteiger partial charge in [-0.2, -0.15) is 0 Å². The van der Waals surface area contributed by atoms with E-state index >= 15 is 0 Å². The van der Waals surface area contributed by atoms with Gasteiger partial charge in [-0.15, -0.1) is 0 Å². The summed E-state index contributed by atoms with van der Waals surface area (Å²) in [4.78, 5) is 0. The SMILES string of the molecule is COc1ccc(CCNCC(O)C(O)c2ccccc2)cc1OC. The molecule has 2 rings (SSSR count). The first-order valence-corrected chi connectivity index (χ1v) is 7.98. The Balaban J connectivity index is 1.78. The van der Waals surface area contributed by atoms with Crippen molar-refractivity contribution >= 4 is 0 Å². The monoisotopic (exact) mass is 331 g/mol. The van der Waals surface area contributed by atoms with Gasteiger partial charge in [0.25, 0.3) is 0 Å². The van der Waals surface area contributed by atoms with Crippen LogP contribution in [0.2, 0.25) is 0 Å². The molecule has 0 aliphatic carbocycles. The van der Waals surface area contributed by atoms with Gasteiger partial charge in [-0.05, 0) is 36.2 Å². The van der Waals surface area contributed by atoms with Crippen molar-refractivity contribution in [3.63, 3.8) is 0 Å². The van der Waals surface area contributed by atoms with Gasteiger partial charge in [-0.25, -0.2) is 0 Å². The molecule has 2 unspecified atom stereocenters. The summed E-state index contributed by atoms with van der Waals surface area (Å²) in [5.74, 6) is 1.41. The highest BCUT2D eigenvalue weighted by Crippen LogP contribution is 2.27. The van der Waals surface area contributed by atoms with E-state index in [4.69, 9.17) is 9.47 Å². The largest absolute Gasteiger partial charge is 0.493 e. The molecule has 0 spiro atoms. The summed E-state index contributed by atoms with van der Waals surface area (Å²) in [6.45, 7) is 1.01.